The van der Waals surface area contributed by atoms with Gasteiger partial charge < -0.3 is 4.90 Å². The van der Waals surface area contributed by atoms with Gasteiger partial charge in [-0.1, -0.05) is 23.8 Å². The van der Waals surface area contributed by atoms with E-state index in [0.717, 1.165) is 16.7 Å². The van der Waals surface area contributed by atoms with Crippen molar-refractivity contribution in [3.05, 3.63) is 34.9 Å². The van der Waals surface area contributed by atoms with Crippen molar-refractivity contribution in [2.45, 2.75) is 45.4 Å². The smallest absolute Gasteiger partial charge is 0.227 e. The fourth-order valence-electron chi connectivity index (χ4n) is 2.78. The van der Waals surface area contributed by atoms with Gasteiger partial charge in [-0.25, -0.2) is 8.42 Å². The molecular formula is C16H23NO3S. The van der Waals surface area contributed by atoms with Crippen LogP contribution in [0.15, 0.2) is 18.2 Å². The second-order valence-corrected chi connectivity index (χ2v) is 8.48. The number of benzene rings is 1. The Morgan fingerprint density at radius 1 is 1.29 bits per heavy atom. The monoisotopic (exact) mass is 309 g/mol. The van der Waals surface area contributed by atoms with E-state index in [2.05, 4.69) is 0 Å². The summed E-state index contributed by atoms with van der Waals surface area (Å²) in [5.74, 6) is 0.0785. The van der Waals surface area contributed by atoms with Crippen molar-refractivity contribution < 1.29 is 13.2 Å². The molecule has 1 amide bonds. The van der Waals surface area contributed by atoms with Crippen molar-refractivity contribution in [3.63, 3.8) is 0 Å². The molecule has 0 radical (unpaired) electrons. The highest BCUT2D eigenvalue weighted by atomic mass is 32.2. The van der Waals surface area contributed by atoms with Crippen LogP contribution in [0.1, 0.15) is 30.5 Å². The van der Waals surface area contributed by atoms with Gasteiger partial charge in [0.05, 0.1) is 17.4 Å². The van der Waals surface area contributed by atoms with Crippen LogP contribution in [0, 0.1) is 13.8 Å². The van der Waals surface area contributed by atoms with E-state index in [1.165, 1.54) is 0 Å². The molecular weight excluding hydrogens is 286 g/mol. The Balaban J connectivity index is 2.16. The van der Waals surface area contributed by atoms with E-state index in [4.69, 9.17) is 0 Å². The van der Waals surface area contributed by atoms with Crippen LogP contribution in [0.3, 0.4) is 0 Å². The Hall–Kier alpha value is -1.36. The van der Waals surface area contributed by atoms with Gasteiger partial charge in [0.1, 0.15) is 0 Å². The lowest BCUT2D eigenvalue weighted by molar-refractivity contribution is -0.132. The van der Waals surface area contributed by atoms with Gasteiger partial charge in [-0.05, 0) is 38.8 Å². The molecule has 0 unspecified atom stereocenters. The Kier molecular flexibility index (Phi) is 4.42. The van der Waals surface area contributed by atoms with Gasteiger partial charge in [0.25, 0.3) is 0 Å². The minimum Gasteiger partial charge on any atom is -0.337 e. The SMILES string of the molecule is Cc1ccc(C)c(CC(=O)N2CCS(=O)(=O)[C@@H](C)[C@@H]2C)c1. The first-order chi connectivity index (χ1) is 9.72. The van der Waals surface area contributed by atoms with Crippen LogP contribution in [-0.4, -0.2) is 42.8 Å². The number of nitrogens with zero attached hydrogens (tertiary/aromatic N) is 1. The molecule has 0 N–H and O–H groups in total. The van der Waals surface area contributed by atoms with E-state index < -0.39 is 15.1 Å². The van der Waals surface area contributed by atoms with Gasteiger partial charge in [0, 0.05) is 12.6 Å². The molecule has 1 aliphatic heterocycles. The molecule has 0 aromatic heterocycles. The third kappa shape index (κ3) is 3.28. The molecule has 1 saturated heterocycles. The minimum atomic E-state index is -3.06. The average molecular weight is 309 g/mol. The highest BCUT2D eigenvalue weighted by Crippen LogP contribution is 2.21. The highest BCUT2D eigenvalue weighted by Gasteiger charge is 2.37. The van der Waals surface area contributed by atoms with E-state index >= 15 is 0 Å². The van der Waals surface area contributed by atoms with Crippen LogP contribution in [0.4, 0.5) is 0 Å². The second kappa shape index (κ2) is 5.79. The maximum atomic E-state index is 12.5. The lowest BCUT2D eigenvalue weighted by Crippen LogP contribution is -2.54. The summed E-state index contributed by atoms with van der Waals surface area (Å²) < 4.78 is 23.8. The normalized spacial score (nSPS) is 24.9. The zero-order valence-corrected chi connectivity index (χ0v) is 13.9. The molecule has 4 nitrogen and oxygen atoms in total. The molecule has 21 heavy (non-hydrogen) atoms. The third-order valence-corrected chi connectivity index (χ3v) is 6.80. The maximum absolute atomic E-state index is 12.5. The number of amides is 1. The lowest BCUT2D eigenvalue weighted by Gasteiger charge is -2.37. The molecule has 116 valence electrons. The Morgan fingerprint density at radius 2 is 1.95 bits per heavy atom. The first-order valence-electron chi connectivity index (χ1n) is 7.29. The molecule has 2 rings (SSSR count). The van der Waals surface area contributed by atoms with Crippen LogP contribution in [0.2, 0.25) is 0 Å². The summed E-state index contributed by atoms with van der Waals surface area (Å²) in [5.41, 5.74) is 3.25. The molecule has 0 bridgehead atoms. The van der Waals surface area contributed by atoms with Gasteiger partial charge in [0.2, 0.25) is 5.91 Å². The van der Waals surface area contributed by atoms with Crippen molar-refractivity contribution in [1.82, 2.24) is 4.90 Å². The van der Waals surface area contributed by atoms with Crippen LogP contribution < -0.4 is 0 Å². The molecule has 0 spiro atoms. The van der Waals surface area contributed by atoms with Crippen LogP contribution in [0.25, 0.3) is 0 Å². The standard InChI is InChI=1S/C16H23NO3S/c1-11-5-6-12(2)15(9-11)10-16(18)17-7-8-21(19,20)14(4)13(17)3/h5-6,9,13-14H,7-8,10H2,1-4H3/t13-,14-/m0/s1. The molecule has 1 aromatic carbocycles. The number of aryl methyl sites for hydroxylation is 2. The number of hydrogen-bond donors (Lipinski definition) is 0. The van der Waals surface area contributed by atoms with E-state index in [9.17, 15) is 13.2 Å². The zero-order valence-electron chi connectivity index (χ0n) is 13.1. The number of hydrogen-bond acceptors (Lipinski definition) is 3. The van der Waals surface area contributed by atoms with E-state index in [0.29, 0.717) is 13.0 Å². The summed E-state index contributed by atoms with van der Waals surface area (Å²) in [6.45, 7) is 7.82. The minimum absolute atomic E-state index is 0.0120. The third-order valence-electron chi connectivity index (χ3n) is 4.52. The fraction of sp³-hybridized carbons (Fsp3) is 0.562. The Bertz CT molecular complexity index is 651. The summed E-state index contributed by atoms with van der Waals surface area (Å²) in [6.07, 6.45) is 0.338. The summed E-state index contributed by atoms with van der Waals surface area (Å²) in [7, 11) is -3.06. The van der Waals surface area contributed by atoms with Crippen molar-refractivity contribution in [1.29, 1.82) is 0 Å². The molecule has 1 aromatic rings. The zero-order chi connectivity index (χ0) is 15.8. The maximum Gasteiger partial charge on any atom is 0.227 e. The van der Waals surface area contributed by atoms with E-state index in [1.807, 2.05) is 39.0 Å². The number of carbonyl (C=O) groups excluding carboxylic acids is 1. The number of rotatable bonds is 2. The van der Waals surface area contributed by atoms with Crippen molar-refractivity contribution in [2.24, 2.45) is 0 Å². The molecule has 5 heteroatoms. The summed E-state index contributed by atoms with van der Waals surface area (Å²) in [5, 5.41) is -0.492. The Labute approximate surface area is 127 Å². The number of sulfone groups is 1. The van der Waals surface area contributed by atoms with Crippen LogP contribution in [-0.2, 0) is 21.1 Å². The van der Waals surface area contributed by atoms with Gasteiger partial charge in [-0.2, -0.15) is 0 Å². The topological polar surface area (TPSA) is 54.5 Å². The van der Waals surface area contributed by atoms with E-state index in [1.54, 1.807) is 11.8 Å². The average Bonchev–Trinajstić information content (AvgIpc) is 2.40. The van der Waals surface area contributed by atoms with Crippen molar-refractivity contribution >= 4 is 15.7 Å². The van der Waals surface area contributed by atoms with Crippen molar-refractivity contribution in [3.8, 4) is 0 Å². The van der Waals surface area contributed by atoms with Crippen molar-refractivity contribution in [2.75, 3.05) is 12.3 Å². The number of carbonyl (C=O) groups is 1. The summed E-state index contributed by atoms with van der Waals surface area (Å²) in [6, 6.07) is 5.81. The molecule has 0 saturated carbocycles. The highest BCUT2D eigenvalue weighted by molar-refractivity contribution is 7.92. The predicted octanol–water partition coefficient (Wildman–Crippen LogP) is 1.88. The van der Waals surface area contributed by atoms with Gasteiger partial charge >= 0.3 is 0 Å². The lowest BCUT2D eigenvalue weighted by atomic mass is 10.0. The van der Waals surface area contributed by atoms with E-state index in [-0.39, 0.29) is 17.7 Å². The fourth-order valence-corrected chi connectivity index (χ4v) is 4.35. The molecule has 1 aliphatic rings. The molecule has 0 aliphatic carbocycles. The Morgan fingerprint density at radius 3 is 2.62 bits per heavy atom. The second-order valence-electron chi connectivity index (χ2n) is 6.01. The first kappa shape index (κ1) is 16.0. The predicted molar refractivity (Wildman–Crippen MR) is 84.0 cm³/mol. The van der Waals surface area contributed by atoms with Gasteiger partial charge in [-0.15, -0.1) is 0 Å². The summed E-state index contributed by atoms with van der Waals surface area (Å²) in [4.78, 5) is 14.2. The largest absolute Gasteiger partial charge is 0.337 e. The first-order valence-corrected chi connectivity index (χ1v) is 9.01. The van der Waals surface area contributed by atoms with Crippen LogP contribution >= 0.6 is 0 Å². The van der Waals surface area contributed by atoms with Gasteiger partial charge in [0.15, 0.2) is 9.84 Å². The quantitative estimate of drug-likeness (QED) is 0.838. The van der Waals surface area contributed by atoms with Crippen LogP contribution in [0.5, 0.6) is 0 Å². The summed E-state index contributed by atoms with van der Waals surface area (Å²) >= 11 is 0. The molecule has 1 heterocycles. The molecule has 1 fully saturated rings. The molecule has 2 atom stereocenters. The van der Waals surface area contributed by atoms with Gasteiger partial charge in [-0.3, -0.25) is 4.79 Å².